The summed E-state index contributed by atoms with van der Waals surface area (Å²) in [5.74, 6) is -1.12. The Morgan fingerprint density at radius 2 is 0.849 bits per heavy atom. The van der Waals surface area contributed by atoms with Crippen LogP contribution in [0.5, 0.6) is 0 Å². The molecule has 0 bridgehead atoms. The van der Waals surface area contributed by atoms with Crippen LogP contribution in [0.15, 0.2) is 97.2 Å². The Morgan fingerprint density at radius 3 is 1.23 bits per heavy atom. The quantitative estimate of drug-likeness (QED) is 0.0250. The molecule has 0 saturated carbocycles. The second-order valence-electron chi connectivity index (χ2n) is 12.1. The van der Waals surface area contributed by atoms with Crippen LogP contribution >= 0.6 is 7.82 Å². The van der Waals surface area contributed by atoms with Crippen molar-refractivity contribution >= 4 is 19.8 Å². The molecule has 0 aromatic heterocycles. The van der Waals surface area contributed by atoms with Crippen molar-refractivity contribution in [3.63, 3.8) is 0 Å². The number of aliphatic hydroxyl groups is 2. The van der Waals surface area contributed by atoms with E-state index in [9.17, 15) is 29.3 Å². The van der Waals surface area contributed by atoms with Crippen LogP contribution in [-0.2, 0) is 32.7 Å². The van der Waals surface area contributed by atoms with E-state index < -0.39 is 58.4 Å². The summed E-state index contributed by atoms with van der Waals surface area (Å²) in [7, 11) is -4.66. The minimum atomic E-state index is -4.66. The van der Waals surface area contributed by atoms with Crippen LogP contribution < -0.4 is 0 Å². The molecule has 0 spiro atoms. The molecule has 0 aromatic carbocycles. The lowest BCUT2D eigenvalue weighted by molar-refractivity contribution is -0.153. The molecule has 3 unspecified atom stereocenters. The van der Waals surface area contributed by atoms with Gasteiger partial charge in [-0.3, -0.25) is 18.6 Å². The minimum absolute atomic E-state index is 0.105. The number of rotatable bonds is 34. The predicted octanol–water partition coefficient (Wildman–Crippen LogP) is 9.66. The van der Waals surface area contributed by atoms with Gasteiger partial charge in [-0.25, -0.2) is 4.57 Å². The Morgan fingerprint density at radius 1 is 0.509 bits per heavy atom. The molecular weight excluding hydrogens is 695 g/mol. The summed E-state index contributed by atoms with van der Waals surface area (Å²) in [6.07, 6.45) is 44.0. The lowest BCUT2D eigenvalue weighted by atomic mass is 10.1. The topological polar surface area (TPSA) is 149 Å². The SMILES string of the molecule is CC/C=C\C/C=C\C/C=C\C/C=C\C/C=C\CCCC(=O)OC(CO)COP(=O)(O)OCC(CO)OC(=O)CCCCC/C=C\C/C=C\C/C=C\CC. The molecule has 0 saturated heterocycles. The van der Waals surface area contributed by atoms with Crippen molar-refractivity contribution in [2.75, 3.05) is 26.4 Å². The van der Waals surface area contributed by atoms with E-state index in [1.807, 2.05) is 12.2 Å². The predicted molar refractivity (Wildman–Crippen MR) is 214 cm³/mol. The van der Waals surface area contributed by atoms with Gasteiger partial charge in [-0.05, 0) is 83.5 Å². The van der Waals surface area contributed by atoms with E-state index in [1.54, 1.807) is 0 Å². The molecule has 0 aromatic rings. The molecule has 0 rings (SSSR count). The molecule has 3 N–H and O–H groups in total. The highest BCUT2D eigenvalue weighted by atomic mass is 31.2. The Bertz CT molecular complexity index is 1200. The number of phosphoric ester groups is 1. The van der Waals surface area contributed by atoms with E-state index >= 15 is 0 Å². The van der Waals surface area contributed by atoms with Gasteiger partial charge >= 0.3 is 19.8 Å². The molecule has 0 aliphatic rings. The standard InChI is InChI=1S/C42H67O10P/c1-3-5-7-9-11-13-15-17-18-19-20-22-24-26-28-30-32-34-42(46)52-40(36-44)38-50-53(47,48)49-37-39(35-43)51-41(45)33-31-29-27-25-23-21-16-14-12-10-8-6-4-2/h5-8,11-14,17-18,20-23,26,28,39-40,43-44H,3-4,9-10,15-16,19,24-25,27,29-38H2,1-2H3,(H,47,48)/b7-5-,8-6-,13-11-,14-12-,18-17-,22-20-,23-21-,28-26-. The second-order valence-corrected chi connectivity index (χ2v) is 13.6. The minimum Gasteiger partial charge on any atom is -0.457 e. The monoisotopic (exact) mass is 762 g/mol. The number of unbranched alkanes of at least 4 members (excludes halogenated alkanes) is 4. The fourth-order valence-electron chi connectivity index (χ4n) is 4.40. The van der Waals surface area contributed by atoms with Crippen LogP contribution in [0.25, 0.3) is 0 Å². The highest BCUT2D eigenvalue weighted by Crippen LogP contribution is 2.43. The van der Waals surface area contributed by atoms with Gasteiger partial charge in [0.2, 0.25) is 0 Å². The van der Waals surface area contributed by atoms with Gasteiger partial charge in [-0.2, -0.15) is 0 Å². The third-order valence-electron chi connectivity index (χ3n) is 7.29. The first-order valence-electron chi connectivity index (χ1n) is 19.2. The van der Waals surface area contributed by atoms with Crippen molar-refractivity contribution in [3.05, 3.63) is 97.2 Å². The van der Waals surface area contributed by atoms with E-state index in [-0.39, 0.29) is 12.8 Å². The molecule has 300 valence electrons. The molecule has 10 nitrogen and oxygen atoms in total. The molecular formula is C42H67O10P. The molecule has 0 heterocycles. The zero-order chi connectivity index (χ0) is 39.1. The number of phosphoric acid groups is 1. The maximum atomic E-state index is 12.3. The van der Waals surface area contributed by atoms with Crippen LogP contribution in [0.2, 0.25) is 0 Å². The van der Waals surface area contributed by atoms with Crippen molar-refractivity contribution in [2.45, 2.75) is 129 Å². The van der Waals surface area contributed by atoms with E-state index in [0.29, 0.717) is 19.3 Å². The van der Waals surface area contributed by atoms with Crippen LogP contribution in [0.1, 0.15) is 117 Å². The smallest absolute Gasteiger partial charge is 0.457 e. The van der Waals surface area contributed by atoms with Gasteiger partial charge < -0.3 is 24.6 Å². The fourth-order valence-corrected chi connectivity index (χ4v) is 5.18. The molecule has 0 radical (unpaired) electrons. The van der Waals surface area contributed by atoms with Gasteiger partial charge in [-0.1, -0.05) is 117 Å². The summed E-state index contributed by atoms with van der Waals surface area (Å²) in [5.41, 5.74) is 0. The van der Waals surface area contributed by atoms with Gasteiger partial charge in [-0.15, -0.1) is 0 Å². The zero-order valence-electron chi connectivity index (χ0n) is 32.2. The largest absolute Gasteiger partial charge is 0.472 e. The lowest BCUT2D eigenvalue weighted by Gasteiger charge is -2.20. The number of carbonyl (C=O) groups is 2. The summed E-state index contributed by atoms with van der Waals surface area (Å²) >= 11 is 0. The second kappa shape index (κ2) is 37.2. The highest BCUT2D eigenvalue weighted by Gasteiger charge is 2.27. The summed E-state index contributed by atoms with van der Waals surface area (Å²) in [4.78, 5) is 34.4. The molecule has 0 aliphatic heterocycles. The molecule has 0 fully saturated rings. The van der Waals surface area contributed by atoms with Crippen LogP contribution in [0.3, 0.4) is 0 Å². The normalized spacial score (nSPS) is 15.0. The maximum Gasteiger partial charge on any atom is 0.472 e. The Hall–Kier alpha value is -3.11. The summed E-state index contributed by atoms with van der Waals surface area (Å²) in [6.45, 7) is 1.83. The third-order valence-corrected chi connectivity index (χ3v) is 8.24. The lowest BCUT2D eigenvalue weighted by Crippen LogP contribution is -2.28. The zero-order valence-corrected chi connectivity index (χ0v) is 33.1. The third kappa shape index (κ3) is 35.7. The van der Waals surface area contributed by atoms with Crippen LogP contribution in [-0.4, -0.2) is 65.7 Å². The van der Waals surface area contributed by atoms with Gasteiger partial charge in [0.15, 0.2) is 0 Å². The summed E-state index contributed by atoms with van der Waals surface area (Å²) in [6, 6.07) is 0. The Kier molecular flexibility index (Phi) is 35.0. The van der Waals surface area contributed by atoms with E-state index in [2.05, 4.69) is 98.9 Å². The molecule has 0 aliphatic carbocycles. The summed E-state index contributed by atoms with van der Waals surface area (Å²) in [5, 5.41) is 19.1. The number of esters is 2. The average Bonchev–Trinajstić information content (AvgIpc) is 3.14. The maximum absolute atomic E-state index is 12.3. The first kappa shape index (κ1) is 49.9. The highest BCUT2D eigenvalue weighted by molar-refractivity contribution is 7.47. The van der Waals surface area contributed by atoms with Crippen molar-refractivity contribution in [1.82, 2.24) is 0 Å². The molecule has 11 heteroatoms. The number of carbonyl (C=O) groups excluding carboxylic acids is 2. The van der Waals surface area contributed by atoms with E-state index in [0.717, 1.165) is 70.6 Å². The fraction of sp³-hybridized carbons (Fsp3) is 0.571. The van der Waals surface area contributed by atoms with Gasteiger partial charge in [0.05, 0.1) is 26.4 Å². The molecule has 0 amide bonds. The van der Waals surface area contributed by atoms with E-state index in [1.165, 1.54) is 0 Å². The van der Waals surface area contributed by atoms with Crippen molar-refractivity contribution in [3.8, 4) is 0 Å². The Balaban J connectivity index is 4.13. The number of hydrogen-bond donors (Lipinski definition) is 3. The number of hydrogen-bond acceptors (Lipinski definition) is 9. The number of aliphatic hydroxyl groups excluding tert-OH is 2. The summed E-state index contributed by atoms with van der Waals surface area (Å²) < 4.78 is 32.4. The van der Waals surface area contributed by atoms with Crippen molar-refractivity contribution < 1.29 is 47.8 Å². The van der Waals surface area contributed by atoms with Gasteiger partial charge in [0, 0.05) is 12.8 Å². The van der Waals surface area contributed by atoms with Crippen molar-refractivity contribution in [1.29, 1.82) is 0 Å². The first-order chi connectivity index (χ1) is 25.8. The van der Waals surface area contributed by atoms with Gasteiger partial charge in [0.1, 0.15) is 12.2 Å². The first-order valence-corrected chi connectivity index (χ1v) is 20.7. The van der Waals surface area contributed by atoms with Crippen LogP contribution in [0, 0.1) is 0 Å². The van der Waals surface area contributed by atoms with Gasteiger partial charge in [0.25, 0.3) is 0 Å². The molecule has 53 heavy (non-hydrogen) atoms. The van der Waals surface area contributed by atoms with Crippen LogP contribution in [0.4, 0.5) is 0 Å². The number of ether oxygens (including phenoxy) is 2. The van der Waals surface area contributed by atoms with Crippen molar-refractivity contribution in [2.24, 2.45) is 0 Å². The molecule has 3 atom stereocenters. The number of allylic oxidation sites excluding steroid dienone is 16. The van der Waals surface area contributed by atoms with E-state index in [4.69, 9.17) is 18.5 Å². The Labute approximate surface area is 319 Å². The average molecular weight is 763 g/mol.